The van der Waals surface area contributed by atoms with Crippen LogP contribution < -0.4 is 14.9 Å². The van der Waals surface area contributed by atoms with Gasteiger partial charge in [-0.1, -0.05) is 13.8 Å². The van der Waals surface area contributed by atoms with E-state index in [1.54, 1.807) is 13.8 Å². The first-order valence-electron chi connectivity index (χ1n) is 12.0. The molecule has 0 aliphatic carbocycles. The summed E-state index contributed by atoms with van der Waals surface area (Å²) in [5, 5.41) is 71.4. The molecular weight excluding hydrogens is 536 g/mol. The van der Waals surface area contributed by atoms with Crippen LogP contribution >= 0.6 is 0 Å². The van der Waals surface area contributed by atoms with Crippen molar-refractivity contribution in [3.8, 4) is 45.8 Å². The van der Waals surface area contributed by atoms with Crippen LogP contribution in [-0.2, 0) is 14.3 Å². The average molecular weight is 564 g/mol. The number of aliphatic hydroxyl groups excluding tert-OH is 3. The molecule has 0 spiro atoms. The minimum atomic E-state index is -1.82. The van der Waals surface area contributed by atoms with E-state index in [1.165, 1.54) is 6.07 Å². The molecule has 0 amide bonds. The van der Waals surface area contributed by atoms with E-state index in [-0.39, 0.29) is 16.9 Å². The molecule has 2 heterocycles. The molecule has 0 unspecified atom stereocenters. The van der Waals surface area contributed by atoms with Gasteiger partial charge in [0.2, 0.25) is 23.2 Å². The summed E-state index contributed by atoms with van der Waals surface area (Å²) < 4.78 is 27.1. The number of benzene rings is 2. The molecule has 14 nitrogen and oxygen atoms in total. The summed E-state index contributed by atoms with van der Waals surface area (Å²) in [5.41, 5.74) is -1.39. The predicted octanol–water partition coefficient (Wildman–Crippen LogP) is 0.677. The second-order valence-electron chi connectivity index (χ2n) is 9.36. The Labute approximate surface area is 225 Å². The monoisotopic (exact) mass is 564 g/mol. The van der Waals surface area contributed by atoms with Crippen LogP contribution in [0.3, 0.4) is 0 Å². The lowest BCUT2D eigenvalue weighted by atomic mass is 9.99. The fourth-order valence-corrected chi connectivity index (χ4v) is 4.04. The summed E-state index contributed by atoms with van der Waals surface area (Å²) in [6, 6.07) is 4.47. The molecule has 0 bridgehead atoms. The highest BCUT2D eigenvalue weighted by Gasteiger charge is 2.46. The van der Waals surface area contributed by atoms with Gasteiger partial charge in [-0.05, 0) is 18.2 Å². The van der Waals surface area contributed by atoms with Gasteiger partial charge in [-0.25, -0.2) is 0 Å². The van der Waals surface area contributed by atoms with Crippen molar-refractivity contribution in [3.63, 3.8) is 0 Å². The molecular formula is C26H28O14. The van der Waals surface area contributed by atoms with E-state index in [0.717, 1.165) is 25.3 Å². The number of carbonyl (C=O) groups is 1. The van der Waals surface area contributed by atoms with Crippen LogP contribution in [0.25, 0.3) is 22.3 Å². The zero-order valence-corrected chi connectivity index (χ0v) is 21.5. The van der Waals surface area contributed by atoms with Crippen molar-refractivity contribution in [1.29, 1.82) is 0 Å². The van der Waals surface area contributed by atoms with Crippen LogP contribution in [0.15, 0.2) is 33.5 Å². The molecule has 1 saturated heterocycles. The van der Waals surface area contributed by atoms with Crippen molar-refractivity contribution < 1.29 is 63.9 Å². The first kappa shape index (κ1) is 28.8. The minimum absolute atomic E-state index is 0.00603. The minimum Gasteiger partial charge on any atom is -0.504 e. The number of phenols is 3. The number of aliphatic hydroxyl groups is 3. The van der Waals surface area contributed by atoms with Gasteiger partial charge in [-0.3, -0.25) is 9.59 Å². The normalized spacial score (nSPS) is 22.8. The van der Waals surface area contributed by atoms with E-state index in [0.29, 0.717) is 0 Å². The number of carbonyl (C=O) groups excluding carboxylic acids is 1. The summed E-state index contributed by atoms with van der Waals surface area (Å²) in [6.07, 6.45) is -8.26. The molecule has 1 aliphatic heterocycles. The average Bonchev–Trinajstić information content (AvgIpc) is 2.91. The molecule has 216 valence electrons. The predicted molar refractivity (Wildman–Crippen MR) is 134 cm³/mol. The largest absolute Gasteiger partial charge is 0.504 e. The molecule has 2 aromatic carbocycles. The van der Waals surface area contributed by atoms with Gasteiger partial charge >= 0.3 is 5.97 Å². The lowest BCUT2D eigenvalue weighted by molar-refractivity contribution is -0.278. The third kappa shape index (κ3) is 5.16. The Morgan fingerprint density at radius 2 is 1.68 bits per heavy atom. The number of phenolic OH excluding ortho intramolecular Hbond substituents is 3. The van der Waals surface area contributed by atoms with Gasteiger partial charge in [0.1, 0.15) is 42.0 Å². The third-order valence-electron chi connectivity index (χ3n) is 6.27. The molecule has 3 aromatic rings. The highest BCUT2D eigenvalue weighted by atomic mass is 16.7. The topological polar surface area (TPSA) is 226 Å². The first-order valence-corrected chi connectivity index (χ1v) is 12.0. The molecule has 1 fully saturated rings. The molecule has 14 heteroatoms. The Morgan fingerprint density at radius 1 is 0.975 bits per heavy atom. The number of hydrogen-bond acceptors (Lipinski definition) is 14. The molecule has 1 aliphatic rings. The Hall–Kier alpha value is -4.24. The lowest BCUT2D eigenvalue weighted by Gasteiger charge is -2.40. The van der Waals surface area contributed by atoms with Gasteiger partial charge in [0.15, 0.2) is 28.8 Å². The zero-order valence-electron chi connectivity index (χ0n) is 21.5. The number of methoxy groups -OCH3 is 1. The van der Waals surface area contributed by atoms with Crippen molar-refractivity contribution in [2.24, 2.45) is 5.92 Å². The third-order valence-corrected chi connectivity index (χ3v) is 6.27. The van der Waals surface area contributed by atoms with Crippen LogP contribution in [0, 0.1) is 5.92 Å². The number of ether oxygens (including phenoxy) is 4. The van der Waals surface area contributed by atoms with E-state index >= 15 is 0 Å². The summed E-state index contributed by atoms with van der Waals surface area (Å²) >= 11 is 0. The molecule has 4 rings (SSSR count). The maximum Gasteiger partial charge on any atom is 0.308 e. The van der Waals surface area contributed by atoms with Gasteiger partial charge < -0.3 is 59.1 Å². The van der Waals surface area contributed by atoms with Crippen LogP contribution in [0.1, 0.15) is 13.8 Å². The van der Waals surface area contributed by atoms with Crippen molar-refractivity contribution in [3.05, 3.63) is 34.5 Å². The molecule has 7 N–H and O–H groups in total. The molecule has 40 heavy (non-hydrogen) atoms. The van der Waals surface area contributed by atoms with Crippen molar-refractivity contribution in [1.82, 2.24) is 0 Å². The molecule has 0 radical (unpaired) electrons. The molecule has 5 atom stereocenters. The van der Waals surface area contributed by atoms with Gasteiger partial charge in [0.05, 0.1) is 13.0 Å². The second kappa shape index (κ2) is 11.1. The van der Waals surface area contributed by atoms with E-state index in [2.05, 4.69) is 0 Å². The van der Waals surface area contributed by atoms with Gasteiger partial charge in [0, 0.05) is 11.6 Å². The lowest BCUT2D eigenvalue weighted by Crippen LogP contribution is -2.60. The van der Waals surface area contributed by atoms with Crippen LogP contribution in [-0.4, -0.2) is 86.1 Å². The van der Waals surface area contributed by atoms with Gasteiger partial charge in [0.25, 0.3) is 0 Å². The maximum atomic E-state index is 13.0. The SMILES string of the molecule is COc1c(O[C@@H]2O[C@H](COC(=O)C(C)C)[C@@H](O)[C@H](O)[C@H]2O)cc2oc(-c3ccc(O)c(O)c3)c(O)c(=O)c2c1O. The molecule has 1 aromatic heterocycles. The van der Waals surface area contributed by atoms with Crippen LogP contribution in [0.2, 0.25) is 0 Å². The number of aromatic hydroxyl groups is 4. The van der Waals surface area contributed by atoms with Gasteiger partial charge in [-0.2, -0.15) is 0 Å². The maximum absolute atomic E-state index is 13.0. The highest BCUT2D eigenvalue weighted by Crippen LogP contribution is 2.45. The number of rotatable bonds is 7. The van der Waals surface area contributed by atoms with Crippen molar-refractivity contribution >= 4 is 16.9 Å². The first-order chi connectivity index (χ1) is 18.8. The number of hydrogen-bond donors (Lipinski definition) is 7. The molecule has 0 saturated carbocycles. The smallest absolute Gasteiger partial charge is 0.308 e. The fraction of sp³-hybridized carbons (Fsp3) is 0.385. The summed E-state index contributed by atoms with van der Waals surface area (Å²) in [4.78, 5) is 24.8. The van der Waals surface area contributed by atoms with Gasteiger partial charge in [-0.15, -0.1) is 0 Å². The fourth-order valence-electron chi connectivity index (χ4n) is 4.04. The van der Waals surface area contributed by atoms with Crippen molar-refractivity contribution in [2.45, 2.75) is 44.6 Å². The zero-order chi connectivity index (χ0) is 29.5. The Balaban J connectivity index is 1.74. The van der Waals surface area contributed by atoms with E-state index < -0.39 is 94.5 Å². The summed E-state index contributed by atoms with van der Waals surface area (Å²) in [6.45, 7) is 2.72. The van der Waals surface area contributed by atoms with E-state index in [9.17, 15) is 45.3 Å². The number of esters is 1. The van der Waals surface area contributed by atoms with E-state index in [4.69, 9.17) is 23.4 Å². The second-order valence-corrected chi connectivity index (χ2v) is 9.36. The Kier molecular flexibility index (Phi) is 7.98. The summed E-state index contributed by atoms with van der Waals surface area (Å²) in [5.74, 6) is -4.97. The standard InChI is InChI=1S/C26H28O14/c1-9(2)25(35)37-8-15-17(29)20(32)22(34)26(40-15)39-14-7-13-16(19(31)24(14)36-3)18(30)21(33)23(38-13)10-4-5-11(27)12(28)6-10/h4-7,9,15,17,20,22,26-29,31-34H,8H2,1-3H3/t15-,17-,20+,22-,26-/m1/s1. The summed E-state index contributed by atoms with van der Waals surface area (Å²) in [7, 11) is 1.13. The Morgan fingerprint density at radius 3 is 2.30 bits per heavy atom. The van der Waals surface area contributed by atoms with E-state index in [1.807, 2.05) is 0 Å². The van der Waals surface area contributed by atoms with Crippen LogP contribution in [0.4, 0.5) is 0 Å². The van der Waals surface area contributed by atoms with Crippen molar-refractivity contribution in [2.75, 3.05) is 13.7 Å². The Bertz CT molecular complexity index is 1480. The number of fused-ring (bicyclic) bond motifs is 1. The van der Waals surface area contributed by atoms with Crippen LogP contribution in [0.5, 0.6) is 34.5 Å². The quantitative estimate of drug-likeness (QED) is 0.155. The highest BCUT2D eigenvalue weighted by molar-refractivity contribution is 5.91.